The van der Waals surface area contributed by atoms with E-state index < -0.39 is 0 Å². The normalized spacial score (nSPS) is 21.4. The summed E-state index contributed by atoms with van der Waals surface area (Å²) in [5, 5.41) is 5.70. The molecule has 1 aliphatic carbocycles. The van der Waals surface area contributed by atoms with Crippen molar-refractivity contribution < 1.29 is 0 Å². The largest absolute Gasteiger partial charge is 0.311 e. The van der Waals surface area contributed by atoms with Crippen molar-refractivity contribution in [2.45, 2.75) is 19.4 Å². The predicted molar refractivity (Wildman–Crippen MR) is 89.3 cm³/mol. The monoisotopic (exact) mass is 357 g/mol. The minimum Gasteiger partial charge on any atom is -0.311 e. The molecule has 2 fully saturated rings. The molecule has 5 heteroatoms. The van der Waals surface area contributed by atoms with Crippen LogP contribution in [-0.4, -0.2) is 55.6 Å². The Kier molecular flexibility index (Phi) is 5.51. The maximum atomic E-state index is 3.55. The smallest absolute Gasteiger partial charge is 0.0300 e. The SMILES string of the molecule is Brc1csc(CNCCN2CCN(CC3CC3)CC2)c1. The summed E-state index contributed by atoms with van der Waals surface area (Å²) >= 11 is 5.32. The number of hydrogen-bond acceptors (Lipinski definition) is 4. The summed E-state index contributed by atoms with van der Waals surface area (Å²) in [6, 6.07) is 2.20. The molecule has 0 atom stereocenters. The first-order valence-electron chi connectivity index (χ1n) is 7.68. The van der Waals surface area contributed by atoms with Crippen LogP contribution >= 0.6 is 27.3 Å². The first-order chi connectivity index (χ1) is 9.79. The van der Waals surface area contributed by atoms with Gasteiger partial charge in [-0.25, -0.2) is 0 Å². The molecule has 0 spiro atoms. The Hall–Kier alpha value is 0.0600. The molecule has 0 amide bonds. The first-order valence-corrected chi connectivity index (χ1v) is 9.35. The lowest BCUT2D eigenvalue weighted by atomic mass is 10.3. The van der Waals surface area contributed by atoms with Gasteiger partial charge in [0.2, 0.25) is 0 Å². The summed E-state index contributed by atoms with van der Waals surface area (Å²) in [5.74, 6) is 1.04. The van der Waals surface area contributed by atoms with Crippen molar-refractivity contribution >= 4 is 27.3 Å². The molecule has 3 nitrogen and oxygen atoms in total. The maximum Gasteiger partial charge on any atom is 0.0300 e. The van der Waals surface area contributed by atoms with Gasteiger partial charge in [0.05, 0.1) is 0 Å². The fourth-order valence-electron chi connectivity index (χ4n) is 2.76. The van der Waals surface area contributed by atoms with Gasteiger partial charge in [-0.2, -0.15) is 0 Å². The molecule has 2 aliphatic rings. The van der Waals surface area contributed by atoms with E-state index in [2.05, 4.69) is 42.5 Å². The minimum absolute atomic E-state index is 0.998. The Bertz CT molecular complexity index is 411. The summed E-state index contributed by atoms with van der Waals surface area (Å²) in [6.07, 6.45) is 2.95. The van der Waals surface area contributed by atoms with E-state index >= 15 is 0 Å². The number of nitrogens with one attached hydrogen (secondary N) is 1. The molecular formula is C15H24BrN3S. The number of halogens is 1. The van der Waals surface area contributed by atoms with Crippen LogP contribution in [0.2, 0.25) is 0 Å². The summed E-state index contributed by atoms with van der Waals surface area (Å²) in [6.45, 7) is 9.68. The van der Waals surface area contributed by atoms with Gasteiger partial charge in [-0.15, -0.1) is 11.3 Å². The third-order valence-corrected chi connectivity index (χ3v) is 5.90. The predicted octanol–water partition coefficient (Wildman–Crippen LogP) is 2.63. The molecule has 1 aromatic rings. The molecule has 0 bridgehead atoms. The second-order valence-electron chi connectivity index (χ2n) is 5.99. The van der Waals surface area contributed by atoms with Gasteiger partial charge in [0.1, 0.15) is 0 Å². The Labute approximate surface area is 134 Å². The van der Waals surface area contributed by atoms with Crippen LogP contribution in [0.3, 0.4) is 0 Å². The average Bonchev–Trinajstić information content (AvgIpc) is 3.17. The highest BCUT2D eigenvalue weighted by Gasteiger charge is 2.26. The second kappa shape index (κ2) is 7.36. The van der Waals surface area contributed by atoms with Crippen LogP contribution in [0.4, 0.5) is 0 Å². The Morgan fingerprint density at radius 1 is 1.20 bits per heavy atom. The molecule has 1 saturated heterocycles. The number of piperazine rings is 1. The first kappa shape index (κ1) is 15.0. The van der Waals surface area contributed by atoms with Gasteiger partial charge in [-0.3, -0.25) is 4.90 Å². The van der Waals surface area contributed by atoms with Crippen molar-refractivity contribution in [3.05, 3.63) is 20.8 Å². The fraction of sp³-hybridized carbons (Fsp3) is 0.733. The van der Waals surface area contributed by atoms with Gasteiger partial charge in [-0.1, -0.05) is 0 Å². The van der Waals surface area contributed by atoms with Crippen molar-refractivity contribution in [2.24, 2.45) is 5.92 Å². The lowest BCUT2D eigenvalue weighted by Crippen LogP contribution is -2.48. The quantitative estimate of drug-likeness (QED) is 0.756. The van der Waals surface area contributed by atoms with Crippen LogP contribution in [0.1, 0.15) is 17.7 Å². The van der Waals surface area contributed by atoms with Gasteiger partial charge in [-0.05, 0) is 40.8 Å². The molecule has 112 valence electrons. The highest BCUT2D eigenvalue weighted by atomic mass is 79.9. The van der Waals surface area contributed by atoms with Crippen molar-refractivity contribution in [3.8, 4) is 0 Å². The summed E-state index contributed by atoms with van der Waals surface area (Å²) < 4.78 is 1.20. The van der Waals surface area contributed by atoms with Gasteiger partial charge < -0.3 is 10.2 Å². The zero-order chi connectivity index (χ0) is 13.8. The molecule has 1 aliphatic heterocycles. The second-order valence-corrected chi connectivity index (χ2v) is 7.91. The van der Waals surface area contributed by atoms with Crippen molar-refractivity contribution in [2.75, 3.05) is 45.8 Å². The van der Waals surface area contributed by atoms with Gasteiger partial charge in [0.25, 0.3) is 0 Å². The average molecular weight is 358 g/mol. The number of nitrogens with zero attached hydrogens (tertiary/aromatic N) is 2. The van der Waals surface area contributed by atoms with Gasteiger partial charge in [0, 0.05) is 67.1 Å². The van der Waals surface area contributed by atoms with Crippen molar-refractivity contribution in [1.82, 2.24) is 15.1 Å². The summed E-state index contributed by atoms with van der Waals surface area (Å²) in [7, 11) is 0. The lowest BCUT2D eigenvalue weighted by molar-refractivity contribution is 0.129. The third kappa shape index (κ3) is 4.81. The standard InChI is InChI=1S/C15H24BrN3S/c16-14-9-15(20-12-14)10-17-3-4-18-5-7-19(8-6-18)11-13-1-2-13/h9,12-13,17H,1-8,10-11H2. The highest BCUT2D eigenvalue weighted by molar-refractivity contribution is 9.10. The molecule has 0 radical (unpaired) electrons. The van der Waals surface area contributed by atoms with Crippen LogP contribution in [0.25, 0.3) is 0 Å². The zero-order valence-corrected chi connectivity index (χ0v) is 14.4. The summed E-state index contributed by atoms with van der Waals surface area (Å²) in [5.41, 5.74) is 0. The van der Waals surface area contributed by atoms with E-state index in [1.807, 2.05) is 11.3 Å². The van der Waals surface area contributed by atoms with Gasteiger partial charge in [0.15, 0.2) is 0 Å². The topological polar surface area (TPSA) is 18.5 Å². The molecule has 0 aromatic carbocycles. The lowest BCUT2D eigenvalue weighted by Gasteiger charge is -2.34. The molecule has 20 heavy (non-hydrogen) atoms. The highest BCUT2D eigenvalue weighted by Crippen LogP contribution is 2.29. The van der Waals surface area contributed by atoms with E-state index in [0.29, 0.717) is 0 Å². The van der Waals surface area contributed by atoms with E-state index in [9.17, 15) is 0 Å². The minimum atomic E-state index is 0.998. The molecule has 0 unspecified atom stereocenters. The van der Waals surface area contributed by atoms with E-state index in [0.717, 1.165) is 19.0 Å². The van der Waals surface area contributed by atoms with Crippen LogP contribution in [0.15, 0.2) is 15.9 Å². The maximum absolute atomic E-state index is 3.55. The number of thiophene rings is 1. The molecule has 3 rings (SSSR count). The Balaban J connectivity index is 1.26. The van der Waals surface area contributed by atoms with E-state index in [1.54, 1.807) is 0 Å². The van der Waals surface area contributed by atoms with Crippen LogP contribution < -0.4 is 5.32 Å². The Morgan fingerprint density at radius 2 is 1.95 bits per heavy atom. The molecule has 1 saturated carbocycles. The van der Waals surface area contributed by atoms with E-state index in [1.165, 1.54) is 61.5 Å². The number of rotatable bonds is 7. The molecule has 2 heterocycles. The molecule has 1 N–H and O–H groups in total. The van der Waals surface area contributed by atoms with Crippen molar-refractivity contribution in [1.29, 1.82) is 0 Å². The van der Waals surface area contributed by atoms with Crippen LogP contribution in [-0.2, 0) is 6.54 Å². The molecular weight excluding hydrogens is 334 g/mol. The summed E-state index contributed by atoms with van der Waals surface area (Å²) in [4.78, 5) is 6.66. The van der Waals surface area contributed by atoms with Gasteiger partial charge >= 0.3 is 0 Å². The zero-order valence-electron chi connectivity index (χ0n) is 12.0. The van der Waals surface area contributed by atoms with Crippen LogP contribution in [0.5, 0.6) is 0 Å². The third-order valence-electron chi connectivity index (χ3n) is 4.20. The fourth-order valence-corrected chi connectivity index (χ4v) is 4.18. The van der Waals surface area contributed by atoms with E-state index in [-0.39, 0.29) is 0 Å². The van der Waals surface area contributed by atoms with Crippen molar-refractivity contribution in [3.63, 3.8) is 0 Å². The molecule has 1 aromatic heterocycles. The van der Waals surface area contributed by atoms with Crippen LogP contribution in [0, 0.1) is 5.92 Å². The Morgan fingerprint density at radius 3 is 2.60 bits per heavy atom. The van der Waals surface area contributed by atoms with E-state index in [4.69, 9.17) is 0 Å². The number of hydrogen-bond donors (Lipinski definition) is 1.